The summed E-state index contributed by atoms with van der Waals surface area (Å²) in [7, 11) is -2.03. The van der Waals surface area contributed by atoms with Crippen molar-refractivity contribution < 1.29 is 17.9 Å². The van der Waals surface area contributed by atoms with Gasteiger partial charge in [0.15, 0.2) is 0 Å². The maximum Gasteiger partial charge on any atom is 0.241 e. The van der Waals surface area contributed by atoms with Crippen LogP contribution in [-0.2, 0) is 17.1 Å². The Kier molecular flexibility index (Phi) is 4.22. The summed E-state index contributed by atoms with van der Waals surface area (Å²) < 4.78 is 42.3. The molecule has 1 aliphatic rings. The summed E-state index contributed by atoms with van der Waals surface area (Å²) in [5.74, 6) is -0.487. The molecule has 0 unspecified atom stereocenters. The molecule has 8 heteroatoms. The SMILES string of the molecule is Cn1cc([C@H](NS(=O)(=O)c2ccc(F)cc2)C2CC(O)C2)cn1. The van der Waals surface area contributed by atoms with E-state index in [-0.39, 0.29) is 10.8 Å². The quantitative estimate of drug-likeness (QED) is 0.861. The fourth-order valence-electron chi connectivity index (χ4n) is 2.79. The zero-order valence-electron chi connectivity index (χ0n) is 12.6. The predicted molar refractivity (Wildman–Crippen MR) is 81.4 cm³/mol. The Hall–Kier alpha value is -1.77. The number of rotatable bonds is 5. The number of aryl methyl sites for hydroxylation is 1. The number of nitrogens with one attached hydrogen (secondary N) is 1. The number of halogens is 1. The van der Waals surface area contributed by atoms with Crippen LogP contribution in [0.3, 0.4) is 0 Å². The minimum Gasteiger partial charge on any atom is -0.393 e. The molecule has 23 heavy (non-hydrogen) atoms. The molecule has 6 nitrogen and oxygen atoms in total. The zero-order chi connectivity index (χ0) is 16.6. The van der Waals surface area contributed by atoms with Crippen molar-refractivity contribution in [2.24, 2.45) is 13.0 Å². The molecule has 0 bridgehead atoms. The van der Waals surface area contributed by atoms with Gasteiger partial charge in [-0.15, -0.1) is 0 Å². The minimum absolute atomic E-state index is 0.00410. The Morgan fingerprint density at radius 2 is 2.00 bits per heavy atom. The van der Waals surface area contributed by atoms with Gasteiger partial charge in [-0.2, -0.15) is 5.10 Å². The highest BCUT2D eigenvalue weighted by Crippen LogP contribution is 2.38. The number of sulfonamides is 1. The minimum atomic E-state index is -3.79. The lowest BCUT2D eigenvalue weighted by atomic mass is 9.76. The van der Waals surface area contributed by atoms with Crippen LogP contribution in [0.5, 0.6) is 0 Å². The highest BCUT2D eigenvalue weighted by atomic mass is 32.2. The van der Waals surface area contributed by atoms with Crippen molar-refractivity contribution >= 4 is 10.0 Å². The summed E-state index contributed by atoms with van der Waals surface area (Å²) in [6.07, 6.45) is 4.04. The Morgan fingerprint density at radius 1 is 1.35 bits per heavy atom. The van der Waals surface area contributed by atoms with E-state index in [1.54, 1.807) is 24.1 Å². The Balaban J connectivity index is 1.87. The van der Waals surface area contributed by atoms with E-state index in [1.807, 2.05) is 0 Å². The maximum atomic E-state index is 13.0. The van der Waals surface area contributed by atoms with Gasteiger partial charge in [-0.25, -0.2) is 17.5 Å². The third kappa shape index (κ3) is 3.44. The average Bonchev–Trinajstić information content (AvgIpc) is 2.89. The lowest BCUT2D eigenvalue weighted by Gasteiger charge is -2.37. The van der Waals surface area contributed by atoms with Gasteiger partial charge in [0.05, 0.1) is 23.2 Å². The monoisotopic (exact) mass is 339 g/mol. The highest BCUT2D eigenvalue weighted by Gasteiger charge is 2.37. The first kappa shape index (κ1) is 16.1. The van der Waals surface area contributed by atoms with E-state index in [9.17, 15) is 17.9 Å². The lowest BCUT2D eigenvalue weighted by molar-refractivity contribution is 0.0280. The largest absolute Gasteiger partial charge is 0.393 e. The van der Waals surface area contributed by atoms with Crippen molar-refractivity contribution in [1.82, 2.24) is 14.5 Å². The number of aromatic nitrogens is 2. The number of hydrogen-bond donors (Lipinski definition) is 2. The molecule has 0 saturated heterocycles. The second-order valence-corrected chi connectivity index (χ2v) is 7.60. The Labute approximate surface area is 134 Å². The molecule has 2 N–H and O–H groups in total. The third-order valence-electron chi connectivity index (χ3n) is 4.11. The van der Waals surface area contributed by atoms with E-state index in [0.717, 1.165) is 17.7 Å². The van der Waals surface area contributed by atoms with Crippen LogP contribution >= 0.6 is 0 Å². The van der Waals surface area contributed by atoms with Gasteiger partial charge in [0.25, 0.3) is 0 Å². The first-order chi connectivity index (χ1) is 10.8. The molecule has 1 aromatic heterocycles. The Bertz CT molecular complexity index is 783. The van der Waals surface area contributed by atoms with Crippen molar-refractivity contribution in [3.63, 3.8) is 0 Å². The van der Waals surface area contributed by atoms with E-state index in [4.69, 9.17) is 0 Å². The standard InChI is InChI=1S/C15H18FN3O3S/c1-19-9-11(8-17-19)15(10-6-13(20)7-10)18-23(21,22)14-4-2-12(16)3-5-14/h2-5,8-10,13,15,18,20H,6-7H2,1H3/t10?,13?,15-/m1/s1. The molecule has 1 aliphatic carbocycles. The summed E-state index contributed by atoms with van der Waals surface area (Å²) >= 11 is 0. The van der Waals surface area contributed by atoms with Gasteiger partial charge < -0.3 is 5.11 Å². The molecule has 1 atom stereocenters. The summed E-state index contributed by atoms with van der Waals surface area (Å²) in [5, 5.41) is 13.6. The molecular formula is C15H18FN3O3S. The molecule has 0 spiro atoms. The topological polar surface area (TPSA) is 84.2 Å². The summed E-state index contributed by atoms with van der Waals surface area (Å²) in [6, 6.07) is 4.21. The van der Waals surface area contributed by atoms with E-state index in [1.165, 1.54) is 12.1 Å². The van der Waals surface area contributed by atoms with Gasteiger partial charge in [0.2, 0.25) is 10.0 Å². The first-order valence-corrected chi connectivity index (χ1v) is 8.78. The molecule has 1 fully saturated rings. The van der Waals surface area contributed by atoms with Crippen molar-refractivity contribution in [1.29, 1.82) is 0 Å². The van der Waals surface area contributed by atoms with Crippen molar-refractivity contribution in [2.45, 2.75) is 29.9 Å². The van der Waals surface area contributed by atoms with Gasteiger partial charge in [0.1, 0.15) is 5.82 Å². The normalized spacial score (nSPS) is 22.6. The van der Waals surface area contributed by atoms with Crippen LogP contribution in [0.4, 0.5) is 4.39 Å². The molecule has 1 aromatic carbocycles. The van der Waals surface area contributed by atoms with Crippen LogP contribution in [0.1, 0.15) is 24.4 Å². The second kappa shape index (κ2) is 6.03. The molecule has 0 aliphatic heterocycles. The fourth-order valence-corrected chi connectivity index (χ4v) is 4.08. The van der Waals surface area contributed by atoms with E-state index in [0.29, 0.717) is 12.8 Å². The van der Waals surface area contributed by atoms with Crippen molar-refractivity contribution in [2.75, 3.05) is 0 Å². The van der Waals surface area contributed by atoms with Gasteiger partial charge in [-0.05, 0) is 43.0 Å². The van der Waals surface area contributed by atoms with Crippen molar-refractivity contribution in [3.05, 3.63) is 48.0 Å². The molecular weight excluding hydrogens is 321 g/mol. The number of aliphatic hydroxyl groups excluding tert-OH is 1. The smallest absolute Gasteiger partial charge is 0.241 e. The predicted octanol–water partition coefficient (Wildman–Crippen LogP) is 1.35. The summed E-state index contributed by atoms with van der Waals surface area (Å²) in [6.45, 7) is 0. The summed E-state index contributed by atoms with van der Waals surface area (Å²) in [4.78, 5) is 0.00709. The number of hydrogen-bond acceptors (Lipinski definition) is 4. The van der Waals surface area contributed by atoms with Crippen molar-refractivity contribution in [3.8, 4) is 0 Å². The number of aliphatic hydroxyl groups is 1. The van der Waals surface area contributed by atoms with Gasteiger partial charge >= 0.3 is 0 Å². The third-order valence-corrected chi connectivity index (χ3v) is 5.57. The first-order valence-electron chi connectivity index (χ1n) is 7.29. The van der Waals surface area contributed by atoms with Crippen LogP contribution in [0.15, 0.2) is 41.6 Å². The van der Waals surface area contributed by atoms with Crippen LogP contribution in [0.2, 0.25) is 0 Å². The van der Waals surface area contributed by atoms with Crippen LogP contribution < -0.4 is 4.72 Å². The Morgan fingerprint density at radius 3 is 2.52 bits per heavy atom. The molecule has 1 heterocycles. The van der Waals surface area contributed by atoms with Gasteiger partial charge in [-0.1, -0.05) is 0 Å². The van der Waals surface area contributed by atoms with E-state index in [2.05, 4.69) is 9.82 Å². The molecule has 0 amide bonds. The van der Waals surface area contributed by atoms with Crippen LogP contribution in [0.25, 0.3) is 0 Å². The summed E-state index contributed by atoms with van der Waals surface area (Å²) in [5.41, 5.74) is 0.745. The van der Waals surface area contributed by atoms with Crippen LogP contribution in [0, 0.1) is 11.7 Å². The van der Waals surface area contributed by atoms with E-state index >= 15 is 0 Å². The maximum absolute atomic E-state index is 13.0. The number of nitrogens with zero attached hydrogens (tertiary/aromatic N) is 2. The van der Waals surface area contributed by atoms with E-state index < -0.39 is 28.0 Å². The second-order valence-electron chi connectivity index (χ2n) is 5.89. The fraction of sp³-hybridized carbons (Fsp3) is 0.400. The van der Waals surface area contributed by atoms with Crippen LogP contribution in [-0.4, -0.2) is 29.4 Å². The van der Waals surface area contributed by atoms with Gasteiger partial charge in [-0.3, -0.25) is 4.68 Å². The molecule has 124 valence electrons. The zero-order valence-corrected chi connectivity index (χ0v) is 13.4. The number of benzene rings is 1. The lowest BCUT2D eigenvalue weighted by Crippen LogP contribution is -2.41. The van der Waals surface area contributed by atoms with Gasteiger partial charge in [0, 0.05) is 18.8 Å². The average molecular weight is 339 g/mol. The molecule has 0 radical (unpaired) electrons. The molecule has 3 rings (SSSR count). The highest BCUT2D eigenvalue weighted by molar-refractivity contribution is 7.89. The molecule has 2 aromatic rings. The molecule has 1 saturated carbocycles.